The molecule has 0 saturated carbocycles. The maximum atomic E-state index is 11.0. The van der Waals surface area contributed by atoms with Crippen molar-refractivity contribution in [2.45, 2.75) is 13.8 Å². The van der Waals surface area contributed by atoms with Gasteiger partial charge in [0.2, 0.25) is 0 Å². The number of aryl methyl sites for hydroxylation is 2. The van der Waals surface area contributed by atoms with Gasteiger partial charge in [-0.15, -0.1) is 0 Å². The molecule has 0 fully saturated rings. The van der Waals surface area contributed by atoms with Crippen molar-refractivity contribution in [3.05, 3.63) is 23.3 Å². The van der Waals surface area contributed by atoms with E-state index in [4.69, 9.17) is 5.73 Å². The highest BCUT2D eigenvalue weighted by molar-refractivity contribution is 5.87. The molecule has 0 heterocycles. The van der Waals surface area contributed by atoms with Crippen LogP contribution in [0, 0.1) is 13.8 Å². The summed E-state index contributed by atoms with van der Waals surface area (Å²) < 4.78 is 4.51. The molecular weight excluding hydrogens is 180 g/mol. The van der Waals surface area contributed by atoms with Gasteiger partial charge in [-0.2, -0.15) is 0 Å². The first-order chi connectivity index (χ1) is 6.54. The summed E-state index contributed by atoms with van der Waals surface area (Å²) in [7, 11) is 1.33. The van der Waals surface area contributed by atoms with Crippen LogP contribution in [0.5, 0.6) is 0 Å². The Kier molecular flexibility index (Phi) is 2.96. The molecule has 1 amide bonds. The maximum absolute atomic E-state index is 11.0. The summed E-state index contributed by atoms with van der Waals surface area (Å²) in [6.45, 7) is 3.77. The number of carbonyl (C=O) groups excluding carboxylic acids is 1. The van der Waals surface area contributed by atoms with Crippen molar-refractivity contribution in [2.24, 2.45) is 0 Å². The van der Waals surface area contributed by atoms with E-state index in [2.05, 4.69) is 10.1 Å². The quantitative estimate of drug-likeness (QED) is 0.672. The zero-order valence-electron chi connectivity index (χ0n) is 8.55. The molecule has 4 heteroatoms. The molecule has 4 nitrogen and oxygen atoms in total. The fourth-order valence-corrected chi connectivity index (χ4v) is 1.35. The molecular formula is C10H14N2O2. The largest absolute Gasteiger partial charge is 0.453 e. The lowest BCUT2D eigenvalue weighted by Gasteiger charge is -2.11. The second-order valence-corrected chi connectivity index (χ2v) is 3.15. The van der Waals surface area contributed by atoms with E-state index >= 15 is 0 Å². The molecule has 1 aromatic carbocycles. The predicted molar refractivity (Wildman–Crippen MR) is 56.4 cm³/mol. The Morgan fingerprint density at radius 3 is 2.29 bits per heavy atom. The Bertz CT molecular complexity index is 338. The van der Waals surface area contributed by atoms with Crippen molar-refractivity contribution in [1.82, 2.24) is 0 Å². The van der Waals surface area contributed by atoms with Gasteiger partial charge in [0.25, 0.3) is 0 Å². The highest BCUT2D eigenvalue weighted by Gasteiger charge is 2.07. The monoisotopic (exact) mass is 194 g/mol. The molecule has 76 valence electrons. The number of ether oxygens (including phenoxy) is 1. The van der Waals surface area contributed by atoms with Crippen molar-refractivity contribution in [3.63, 3.8) is 0 Å². The standard InChI is InChI=1S/C10H14N2O2/c1-6-4-8(11)5-7(2)9(6)12-10(13)14-3/h4-5H,11H2,1-3H3,(H,12,13). The number of rotatable bonds is 1. The Balaban J connectivity index is 3.02. The van der Waals surface area contributed by atoms with Crippen molar-refractivity contribution in [2.75, 3.05) is 18.2 Å². The van der Waals surface area contributed by atoms with Gasteiger partial charge in [0.15, 0.2) is 0 Å². The molecule has 14 heavy (non-hydrogen) atoms. The third-order valence-electron chi connectivity index (χ3n) is 1.97. The van der Waals surface area contributed by atoms with E-state index in [1.807, 2.05) is 13.8 Å². The SMILES string of the molecule is COC(=O)Nc1c(C)cc(N)cc1C. The van der Waals surface area contributed by atoms with Crippen LogP contribution >= 0.6 is 0 Å². The van der Waals surface area contributed by atoms with Crippen LogP contribution in [0.15, 0.2) is 12.1 Å². The molecule has 0 spiro atoms. The highest BCUT2D eigenvalue weighted by Crippen LogP contribution is 2.23. The third kappa shape index (κ3) is 2.16. The molecule has 0 aliphatic heterocycles. The van der Waals surface area contributed by atoms with E-state index < -0.39 is 6.09 Å². The third-order valence-corrected chi connectivity index (χ3v) is 1.97. The smallest absolute Gasteiger partial charge is 0.411 e. The number of amides is 1. The van der Waals surface area contributed by atoms with Crippen LogP contribution in [0.2, 0.25) is 0 Å². The average Bonchev–Trinajstić information content (AvgIpc) is 2.10. The Morgan fingerprint density at radius 2 is 1.86 bits per heavy atom. The average molecular weight is 194 g/mol. The molecule has 1 rings (SSSR count). The summed E-state index contributed by atoms with van der Waals surface area (Å²) in [4.78, 5) is 11.0. The molecule has 0 aliphatic carbocycles. The summed E-state index contributed by atoms with van der Waals surface area (Å²) in [6, 6.07) is 3.61. The minimum absolute atomic E-state index is 0.471. The van der Waals surface area contributed by atoms with Crippen molar-refractivity contribution >= 4 is 17.5 Å². The van der Waals surface area contributed by atoms with Crippen LogP contribution in [-0.4, -0.2) is 13.2 Å². The first-order valence-electron chi connectivity index (χ1n) is 4.26. The minimum Gasteiger partial charge on any atom is -0.453 e. The zero-order valence-corrected chi connectivity index (χ0v) is 8.55. The molecule has 0 aliphatic rings. The number of nitrogen functional groups attached to an aromatic ring is 1. The van der Waals surface area contributed by atoms with Crippen LogP contribution in [-0.2, 0) is 4.74 Å². The van der Waals surface area contributed by atoms with E-state index in [0.717, 1.165) is 16.8 Å². The van der Waals surface area contributed by atoms with Gasteiger partial charge in [0.1, 0.15) is 0 Å². The van der Waals surface area contributed by atoms with Crippen LogP contribution in [0.25, 0.3) is 0 Å². The second kappa shape index (κ2) is 4.00. The normalized spacial score (nSPS) is 9.64. The summed E-state index contributed by atoms with van der Waals surface area (Å²) in [5.74, 6) is 0. The van der Waals surface area contributed by atoms with Gasteiger partial charge < -0.3 is 10.5 Å². The van der Waals surface area contributed by atoms with Crippen LogP contribution < -0.4 is 11.1 Å². The van der Waals surface area contributed by atoms with E-state index in [0.29, 0.717) is 5.69 Å². The number of hydrogen-bond donors (Lipinski definition) is 2. The topological polar surface area (TPSA) is 64.3 Å². The van der Waals surface area contributed by atoms with E-state index in [9.17, 15) is 4.79 Å². The molecule has 3 N–H and O–H groups in total. The van der Waals surface area contributed by atoms with Gasteiger partial charge in [-0.1, -0.05) is 0 Å². The second-order valence-electron chi connectivity index (χ2n) is 3.15. The number of nitrogens with two attached hydrogens (primary N) is 1. The number of benzene rings is 1. The van der Waals surface area contributed by atoms with Gasteiger partial charge in [-0.25, -0.2) is 4.79 Å². The Morgan fingerprint density at radius 1 is 1.36 bits per heavy atom. The van der Waals surface area contributed by atoms with E-state index in [1.54, 1.807) is 12.1 Å². The first-order valence-corrected chi connectivity index (χ1v) is 4.26. The van der Waals surface area contributed by atoms with E-state index in [1.165, 1.54) is 7.11 Å². The number of carbonyl (C=O) groups is 1. The predicted octanol–water partition coefficient (Wildman–Crippen LogP) is 2.06. The lowest BCUT2D eigenvalue weighted by molar-refractivity contribution is 0.187. The van der Waals surface area contributed by atoms with Crippen LogP contribution in [0.4, 0.5) is 16.2 Å². The first kappa shape index (κ1) is 10.4. The molecule has 0 unspecified atom stereocenters. The molecule has 0 aromatic heterocycles. The molecule has 0 atom stereocenters. The number of methoxy groups -OCH3 is 1. The summed E-state index contributed by atoms with van der Waals surface area (Å²) in [5.41, 5.74) is 8.94. The molecule has 0 saturated heterocycles. The summed E-state index contributed by atoms with van der Waals surface area (Å²) in [5, 5.41) is 2.64. The van der Waals surface area contributed by atoms with Crippen molar-refractivity contribution in [1.29, 1.82) is 0 Å². The van der Waals surface area contributed by atoms with Crippen LogP contribution in [0.3, 0.4) is 0 Å². The van der Waals surface area contributed by atoms with E-state index in [-0.39, 0.29) is 0 Å². The molecule has 0 bridgehead atoms. The lowest BCUT2D eigenvalue weighted by Crippen LogP contribution is -2.13. The van der Waals surface area contributed by atoms with Gasteiger partial charge in [-0.05, 0) is 37.1 Å². The fraction of sp³-hybridized carbons (Fsp3) is 0.300. The van der Waals surface area contributed by atoms with Gasteiger partial charge in [-0.3, -0.25) is 5.32 Å². The Labute approximate surface area is 83.1 Å². The Hall–Kier alpha value is -1.71. The van der Waals surface area contributed by atoms with Crippen LogP contribution in [0.1, 0.15) is 11.1 Å². The minimum atomic E-state index is -0.471. The highest BCUT2D eigenvalue weighted by atomic mass is 16.5. The zero-order chi connectivity index (χ0) is 10.7. The van der Waals surface area contributed by atoms with Gasteiger partial charge in [0.05, 0.1) is 7.11 Å². The number of hydrogen-bond acceptors (Lipinski definition) is 3. The summed E-state index contributed by atoms with van der Waals surface area (Å²) in [6.07, 6.45) is -0.471. The molecule has 1 aromatic rings. The summed E-state index contributed by atoms with van der Waals surface area (Å²) >= 11 is 0. The van der Waals surface area contributed by atoms with Crippen molar-refractivity contribution in [3.8, 4) is 0 Å². The fourth-order valence-electron chi connectivity index (χ4n) is 1.35. The number of anilines is 2. The van der Waals surface area contributed by atoms with Crippen molar-refractivity contribution < 1.29 is 9.53 Å². The maximum Gasteiger partial charge on any atom is 0.411 e. The van der Waals surface area contributed by atoms with Gasteiger partial charge in [0, 0.05) is 11.4 Å². The number of nitrogens with one attached hydrogen (secondary N) is 1. The molecule has 0 radical (unpaired) electrons. The van der Waals surface area contributed by atoms with Gasteiger partial charge >= 0.3 is 6.09 Å². The lowest BCUT2D eigenvalue weighted by atomic mass is 10.1.